The van der Waals surface area contributed by atoms with Crippen molar-refractivity contribution in [3.8, 4) is 22.5 Å². The van der Waals surface area contributed by atoms with Crippen LogP contribution in [0.2, 0.25) is 0 Å². The number of carbonyl (C=O) groups is 5. The van der Waals surface area contributed by atoms with Crippen molar-refractivity contribution in [2.24, 2.45) is 4.99 Å². The largest absolute Gasteiger partial charge is 0.458 e. The lowest BCUT2D eigenvalue weighted by atomic mass is 9.88. The molecule has 0 bridgehead atoms. The molecule has 3 aliphatic heterocycles. The Kier molecular flexibility index (Phi) is 23.1. The summed E-state index contributed by atoms with van der Waals surface area (Å²) in [5, 5.41) is 13.5. The summed E-state index contributed by atoms with van der Waals surface area (Å²) in [5.74, 6) is -0.506. The zero-order valence-corrected chi connectivity index (χ0v) is 45.8. The second-order valence-corrected chi connectivity index (χ2v) is 19.1. The lowest BCUT2D eigenvalue weighted by Gasteiger charge is -2.34. The quantitative estimate of drug-likeness (QED) is 0.0248. The zero-order valence-electron chi connectivity index (χ0n) is 46.8. The van der Waals surface area contributed by atoms with Gasteiger partial charge in [0.1, 0.15) is 49.7 Å². The van der Waals surface area contributed by atoms with Gasteiger partial charge in [0.2, 0.25) is 5.91 Å². The molecule has 4 atom stereocenters. The fraction of sp³-hybridized carbons (Fsp3) is 0.544. The molecule has 20 nitrogen and oxygen atoms in total. The van der Waals surface area contributed by atoms with E-state index in [-0.39, 0.29) is 50.9 Å². The average molecular weight is 1070 g/mol. The molecule has 20 heteroatoms. The van der Waals surface area contributed by atoms with Crippen LogP contribution in [0.4, 0.5) is 9.59 Å². The number of likely N-dealkylation sites (N-methyl/N-ethyl adjacent to an activating group) is 1. The summed E-state index contributed by atoms with van der Waals surface area (Å²) in [5.41, 5.74) is 7.91. The van der Waals surface area contributed by atoms with Crippen LogP contribution in [0.5, 0.6) is 0 Å². The van der Waals surface area contributed by atoms with Gasteiger partial charge >= 0.3 is 18.1 Å². The molecule has 2 aromatic rings. The van der Waals surface area contributed by atoms with Gasteiger partial charge in [-0.05, 0) is 119 Å². The predicted octanol–water partition coefficient (Wildman–Crippen LogP) is 6.50. The van der Waals surface area contributed by atoms with Gasteiger partial charge in [-0.2, -0.15) is 0 Å². The number of urea groups is 1. The summed E-state index contributed by atoms with van der Waals surface area (Å²) in [6.45, 7) is 16.0. The number of aryl methyl sites for hydroxylation is 3. The van der Waals surface area contributed by atoms with Crippen molar-refractivity contribution in [3.05, 3.63) is 87.9 Å². The molecule has 1 aliphatic carbocycles. The van der Waals surface area contributed by atoms with E-state index in [1.807, 2.05) is 64.1 Å². The van der Waals surface area contributed by atoms with Gasteiger partial charge in [0.15, 0.2) is 0 Å². The first-order valence-corrected chi connectivity index (χ1v) is 26.7. The maximum absolute atomic E-state index is 14.1. The van der Waals surface area contributed by atoms with E-state index in [4.69, 9.17) is 38.9 Å². The van der Waals surface area contributed by atoms with Crippen LogP contribution >= 0.6 is 0 Å². The Balaban J connectivity index is 0.793. The number of hydrogen-bond acceptors (Lipinski definition) is 15. The van der Waals surface area contributed by atoms with Crippen molar-refractivity contribution in [2.45, 2.75) is 105 Å². The van der Waals surface area contributed by atoms with Crippen molar-refractivity contribution in [1.82, 2.24) is 31.1 Å². The van der Waals surface area contributed by atoms with Gasteiger partial charge in [-0.3, -0.25) is 24.8 Å². The molecule has 420 valence electrons. The monoisotopic (exact) mass is 1070 g/mol. The number of fused-ring (bicyclic) bond motifs is 2. The minimum Gasteiger partial charge on any atom is -0.458 e. The van der Waals surface area contributed by atoms with E-state index >= 15 is 0 Å². The SMILES string of the molecule is [2H]CC1OC(N2C=C(C)C(NCCCOCCOCCOCCCNC(=O)OCCN(C)C(=O)c3ccccc3-c3c4cc(C)c(=NCC)cc-4oc4cc(C)c(C)cc34)NC2=O)CC1OC(=O)COCC(=O)NCCCC. The second-order valence-electron chi connectivity index (χ2n) is 19.1. The first kappa shape index (κ1) is 58.3. The maximum Gasteiger partial charge on any atom is 0.407 e. The number of hydrogen-bond donors (Lipinski definition) is 4. The Morgan fingerprint density at radius 1 is 0.831 bits per heavy atom. The fourth-order valence-electron chi connectivity index (χ4n) is 8.74. The van der Waals surface area contributed by atoms with E-state index in [1.165, 1.54) is 4.90 Å². The molecule has 0 aromatic heterocycles. The Bertz CT molecular complexity index is 2720. The van der Waals surface area contributed by atoms with Crippen LogP contribution in [0.15, 0.2) is 69.7 Å². The van der Waals surface area contributed by atoms with Gasteiger partial charge in [-0.1, -0.05) is 31.5 Å². The highest BCUT2D eigenvalue weighted by atomic mass is 16.6. The fourth-order valence-corrected chi connectivity index (χ4v) is 8.74. The van der Waals surface area contributed by atoms with Gasteiger partial charge in [0, 0.05) is 82.0 Å². The van der Waals surface area contributed by atoms with Crippen molar-refractivity contribution in [1.29, 1.82) is 0 Å². The number of rotatable bonds is 30. The van der Waals surface area contributed by atoms with Crippen molar-refractivity contribution in [2.75, 3.05) is 99.2 Å². The number of nitrogens with zero attached hydrogens (tertiary/aromatic N) is 3. The molecule has 3 heterocycles. The Morgan fingerprint density at radius 2 is 1.55 bits per heavy atom. The van der Waals surface area contributed by atoms with Gasteiger partial charge in [0.25, 0.3) is 5.91 Å². The van der Waals surface area contributed by atoms with Crippen LogP contribution in [-0.4, -0.2) is 164 Å². The average Bonchev–Trinajstić information content (AvgIpc) is 3.98. The first-order valence-electron chi connectivity index (χ1n) is 27.4. The molecule has 0 radical (unpaired) electrons. The highest BCUT2D eigenvalue weighted by molar-refractivity contribution is 6.09. The summed E-state index contributed by atoms with van der Waals surface area (Å²) >= 11 is 0. The van der Waals surface area contributed by atoms with Crippen molar-refractivity contribution in [3.63, 3.8) is 0 Å². The number of ether oxygens (including phenoxy) is 7. The number of esters is 1. The van der Waals surface area contributed by atoms with E-state index in [0.29, 0.717) is 90.0 Å². The molecule has 4 aliphatic rings. The lowest BCUT2D eigenvalue weighted by molar-refractivity contribution is -0.157. The Morgan fingerprint density at radius 3 is 2.29 bits per heavy atom. The number of alkyl carbamates (subject to hydrolysis) is 1. The van der Waals surface area contributed by atoms with Crippen LogP contribution in [0.1, 0.15) is 88.2 Å². The molecule has 4 unspecified atom stereocenters. The van der Waals surface area contributed by atoms with E-state index in [1.54, 1.807) is 18.1 Å². The topological polar surface area (TPSA) is 230 Å². The molecule has 0 spiro atoms. The Labute approximate surface area is 453 Å². The second kappa shape index (κ2) is 30.5. The summed E-state index contributed by atoms with van der Waals surface area (Å²) < 4.78 is 53.4. The van der Waals surface area contributed by atoms with E-state index < -0.39 is 43.3 Å². The molecule has 2 aromatic carbocycles. The number of unbranched alkanes of at least 4 members (excludes halogenated alkanes) is 1. The van der Waals surface area contributed by atoms with E-state index in [2.05, 4.69) is 52.2 Å². The van der Waals surface area contributed by atoms with Crippen molar-refractivity contribution >= 4 is 40.9 Å². The minimum absolute atomic E-state index is 0.0133. The molecule has 5 amide bonds. The normalized spacial score (nSPS) is 17.8. The van der Waals surface area contributed by atoms with Crippen LogP contribution in [-0.2, 0) is 42.7 Å². The van der Waals surface area contributed by atoms with Gasteiger partial charge in [-0.25, -0.2) is 14.4 Å². The molecule has 77 heavy (non-hydrogen) atoms. The summed E-state index contributed by atoms with van der Waals surface area (Å²) in [6.07, 6.45) is 1.76. The summed E-state index contributed by atoms with van der Waals surface area (Å²) in [7, 11) is 1.70. The van der Waals surface area contributed by atoms with Crippen LogP contribution in [0.3, 0.4) is 0 Å². The minimum atomic E-state index is -0.748. The number of carbonyl (C=O) groups excluding carboxylic acids is 5. The molecule has 4 N–H and O–H groups in total. The van der Waals surface area contributed by atoms with Crippen LogP contribution in [0.25, 0.3) is 33.4 Å². The zero-order chi connectivity index (χ0) is 56.0. The van der Waals surface area contributed by atoms with E-state index in [0.717, 1.165) is 68.1 Å². The van der Waals surface area contributed by atoms with Gasteiger partial charge in [0.05, 0.1) is 44.4 Å². The molecule has 1 saturated heterocycles. The molecular weight excluding hydrogens is 991 g/mol. The standard InChI is InChI=1S/C57H79N7O13/c1-9-11-18-59-50(65)35-73-36-52(66)77-47-33-51(75-41(47)7)64-34-40(6)54(62-56(64)68)60-19-14-22-70-25-27-72-28-26-71-23-15-20-61-57(69)74-24-21-63(8)55(67)43-17-13-12-16-42(43)53-44-29-37(3)38(4)31-48(44)76-49-32-46(58-10-2)39(5)30-45(49)53/h12-13,16-17,29-32,34,41,47,51,54,60H,9-11,14-15,18-28,33,35-36H2,1-8H3,(H,59,65)(H,61,69)(H,62,68)/i7D. The highest BCUT2D eigenvalue weighted by Gasteiger charge is 2.41. The predicted molar refractivity (Wildman–Crippen MR) is 290 cm³/mol. The third-order valence-corrected chi connectivity index (χ3v) is 13.1. The van der Waals surface area contributed by atoms with Crippen LogP contribution in [0, 0.1) is 20.8 Å². The molecular formula is C57H79N7O13. The third-order valence-electron chi connectivity index (χ3n) is 13.1. The number of amides is 5. The molecule has 1 fully saturated rings. The van der Waals surface area contributed by atoms with Crippen LogP contribution < -0.4 is 26.6 Å². The van der Waals surface area contributed by atoms with Gasteiger partial charge in [-0.15, -0.1) is 0 Å². The third kappa shape index (κ3) is 17.5. The lowest BCUT2D eigenvalue weighted by Crippen LogP contribution is -2.56. The van der Waals surface area contributed by atoms with E-state index in [9.17, 15) is 24.0 Å². The maximum atomic E-state index is 14.1. The Hall–Kier alpha value is -6.42. The molecule has 0 saturated carbocycles. The van der Waals surface area contributed by atoms with Crippen molar-refractivity contribution < 1.29 is 62.9 Å². The number of nitrogens with one attached hydrogen (secondary N) is 4. The highest BCUT2D eigenvalue weighted by Crippen LogP contribution is 2.42. The smallest absolute Gasteiger partial charge is 0.407 e. The molecule has 6 rings (SSSR count). The number of benzene rings is 3. The van der Waals surface area contributed by atoms with Gasteiger partial charge < -0.3 is 58.4 Å². The summed E-state index contributed by atoms with van der Waals surface area (Å²) in [6, 6.07) is 15.4. The summed E-state index contributed by atoms with van der Waals surface area (Å²) in [4.78, 5) is 71.5. The first-order chi connectivity index (χ1) is 37.7.